The molecule has 1 atom stereocenters. The van der Waals surface area contributed by atoms with E-state index in [9.17, 15) is 9.35 Å². The van der Waals surface area contributed by atoms with Crippen LogP contribution in [0.15, 0.2) is 47.4 Å². The highest BCUT2D eigenvalue weighted by atomic mass is 32.2. The molecule has 0 radical (unpaired) electrons. The van der Waals surface area contributed by atoms with Crippen molar-refractivity contribution >= 4 is 22.8 Å². The minimum Gasteiger partial charge on any atom is -0.611 e. The molecule has 1 heterocycles. The molecule has 1 unspecified atom stereocenters. The summed E-state index contributed by atoms with van der Waals surface area (Å²) < 4.78 is 18.1. The van der Waals surface area contributed by atoms with Gasteiger partial charge in [0.05, 0.1) is 12.0 Å². The standard InChI is InChI=1S/C21H25NO3S/c1-15-6-9-17(10-7-15)26(24)13-5-4-12-25-16-8-11-19-18(14-16)21(2,3)20(23)22-19/h6-11,14H,4-5,12-13H2,1-3H3,(H,22,23). The monoisotopic (exact) mass is 371 g/mol. The van der Waals surface area contributed by atoms with Crippen molar-refractivity contribution in [2.24, 2.45) is 0 Å². The number of aryl methyl sites for hydroxylation is 1. The van der Waals surface area contributed by atoms with E-state index in [1.165, 1.54) is 5.56 Å². The fraction of sp³-hybridized carbons (Fsp3) is 0.381. The van der Waals surface area contributed by atoms with Crippen molar-refractivity contribution in [3.05, 3.63) is 53.6 Å². The zero-order valence-corrected chi connectivity index (χ0v) is 16.3. The second-order valence-corrected chi connectivity index (χ2v) is 8.78. The molecule has 4 nitrogen and oxygen atoms in total. The highest BCUT2D eigenvalue weighted by Crippen LogP contribution is 2.39. The van der Waals surface area contributed by atoms with Gasteiger partial charge in [-0.15, -0.1) is 0 Å². The molecule has 0 bridgehead atoms. The van der Waals surface area contributed by atoms with Gasteiger partial charge in [0.25, 0.3) is 0 Å². The molecule has 1 aliphatic rings. The van der Waals surface area contributed by atoms with Crippen LogP contribution in [0.25, 0.3) is 0 Å². The van der Waals surface area contributed by atoms with Gasteiger partial charge in [-0.2, -0.15) is 0 Å². The maximum Gasteiger partial charge on any atom is 0.234 e. The fourth-order valence-corrected chi connectivity index (χ4v) is 4.11. The van der Waals surface area contributed by atoms with Gasteiger partial charge in [-0.25, -0.2) is 0 Å². The van der Waals surface area contributed by atoms with Gasteiger partial charge < -0.3 is 14.6 Å². The number of hydrogen-bond acceptors (Lipinski definition) is 3. The molecule has 3 rings (SSSR count). The molecule has 0 saturated carbocycles. The van der Waals surface area contributed by atoms with Crippen molar-refractivity contribution in [1.29, 1.82) is 0 Å². The number of carbonyl (C=O) groups excluding carboxylic acids is 1. The number of anilines is 1. The first-order valence-corrected chi connectivity index (χ1v) is 10.2. The van der Waals surface area contributed by atoms with Crippen molar-refractivity contribution in [2.45, 2.75) is 43.9 Å². The second-order valence-electron chi connectivity index (χ2n) is 7.20. The van der Waals surface area contributed by atoms with Crippen LogP contribution in [0, 0.1) is 6.92 Å². The largest absolute Gasteiger partial charge is 0.611 e. The van der Waals surface area contributed by atoms with Gasteiger partial charge >= 0.3 is 0 Å². The van der Waals surface area contributed by atoms with Crippen LogP contribution in [-0.2, 0) is 21.4 Å². The number of fused-ring (bicyclic) bond motifs is 1. The molecule has 26 heavy (non-hydrogen) atoms. The minimum atomic E-state index is -0.955. The maximum atomic E-state index is 12.3. The summed E-state index contributed by atoms with van der Waals surface area (Å²) in [7, 11) is 0. The molecule has 2 aromatic rings. The van der Waals surface area contributed by atoms with Gasteiger partial charge in [0.15, 0.2) is 4.90 Å². The predicted octanol–water partition coefficient (Wildman–Crippen LogP) is 4.19. The molecular weight excluding hydrogens is 346 g/mol. The van der Waals surface area contributed by atoms with Crippen molar-refractivity contribution in [3.63, 3.8) is 0 Å². The number of benzene rings is 2. The van der Waals surface area contributed by atoms with Crippen LogP contribution in [0.4, 0.5) is 5.69 Å². The van der Waals surface area contributed by atoms with E-state index in [-0.39, 0.29) is 5.91 Å². The van der Waals surface area contributed by atoms with Crippen LogP contribution in [0.5, 0.6) is 5.75 Å². The topological polar surface area (TPSA) is 61.4 Å². The summed E-state index contributed by atoms with van der Waals surface area (Å²) in [5, 5.41) is 2.89. The Bertz CT molecular complexity index is 786. The Morgan fingerprint density at radius 2 is 1.85 bits per heavy atom. The lowest BCUT2D eigenvalue weighted by Crippen LogP contribution is -2.26. The Labute approximate surface area is 158 Å². The van der Waals surface area contributed by atoms with Crippen molar-refractivity contribution in [3.8, 4) is 5.75 Å². The van der Waals surface area contributed by atoms with Crippen molar-refractivity contribution in [2.75, 3.05) is 17.7 Å². The molecule has 1 amide bonds. The fourth-order valence-electron chi connectivity index (χ4n) is 2.97. The zero-order chi connectivity index (χ0) is 18.7. The molecule has 0 fully saturated rings. The second kappa shape index (κ2) is 7.72. The number of unbranched alkanes of at least 4 members (excludes halogenated alkanes) is 1. The highest BCUT2D eigenvalue weighted by molar-refractivity contribution is 7.91. The molecule has 1 aliphatic heterocycles. The lowest BCUT2D eigenvalue weighted by Gasteiger charge is -2.16. The molecule has 138 valence electrons. The molecule has 0 aromatic heterocycles. The van der Waals surface area contributed by atoms with E-state index in [0.29, 0.717) is 12.4 Å². The third-order valence-electron chi connectivity index (χ3n) is 4.76. The van der Waals surface area contributed by atoms with E-state index in [1.807, 2.05) is 63.2 Å². The molecule has 0 aliphatic carbocycles. The smallest absolute Gasteiger partial charge is 0.234 e. The molecule has 5 heteroatoms. The van der Waals surface area contributed by atoms with E-state index in [1.54, 1.807) is 0 Å². The lowest BCUT2D eigenvalue weighted by atomic mass is 9.86. The summed E-state index contributed by atoms with van der Waals surface area (Å²) in [5.41, 5.74) is 2.48. The number of amides is 1. The average molecular weight is 372 g/mol. The Balaban J connectivity index is 1.45. The van der Waals surface area contributed by atoms with E-state index in [4.69, 9.17) is 4.74 Å². The molecule has 1 N–H and O–H groups in total. The third kappa shape index (κ3) is 4.05. The maximum absolute atomic E-state index is 12.3. The Morgan fingerprint density at radius 3 is 2.58 bits per heavy atom. The summed E-state index contributed by atoms with van der Waals surface area (Å²) >= 11 is -0.955. The average Bonchev–Trinajstić information content (AvgIpc) is 2.84. The van der Waals surface area contributed by atoms with Gasteiger partial charge in [-0.05, 0) is 80.7 Å². The van der Waals surface area contributed by atoms with E-state index in [0.717, 1.165) is 34.7 Å². The number of nitrogens with one attached hydrogen (secondary N) is 1. The molecule has 0 spiro atoms. The minimum absolute atomic E-state index is 0.0169. The van der Waals surface area contributed by atoms with Gasteiger partial charge in [0.2, 0.25) is 5.91 Å². The zero-order valence-electron chi connectivity index (χ0n) is 15.5. The molecular formula is C21H25NO3S. The molecule has 2 aromatic carbocycles. The number of ether oxygens (including phenoxy) is 1. The van der Waals surface area contributed by atoms with Crippen LogP contribution >= 0.6 is 0 Å². The first-order chi connectivity index (χ1) is 12.4. The number of hydrogen-bond donors (Lipinski definition) is 1. The first-order valence-electron chi connectivity index (χ1n) is 8.92. The van der Waals surface area contributed by atoms with E-state index < -0.39 is 16.6 Å². The Morgan fingerprint density at radius 1 is 1.12 bits per heavy atom. The summed E-state index contributed by atoms with van der Waals surface area (Å²) in [4.78, 5) is 12.9. The van der Waals surface area contributed by atoms with Crippen LogP contribution in [0.2, 0.25) is 0 Å². The first kappa shape index (κ1) is 18.8. The van der Waals surface area contributed by atoms with E-state index in [2.05, 4.69) is 5.32 Å². The number of rotatable bonds is 7. The van der Waals surface area contributed by atoms with Gasteiger partial charge in [-0.3, -0.25) is 4.79 Å². The summed E-state index contributed by atoms with van der Waals surface area (Å²) in [6.07, 6.45) is 1.69. The van der Waals surface area contributed by atoms with Crippen LogP contribution in [0.3, 0.4) is 0 Å². The van der Waals surface area contributed by atoms with Gasteiger partial charge in [0.1, 0.15) is 11.5 Å². The van der Waals surface area contributed by atoms with Crippen molar-refractivity contribution in [1.82, 2.24) is 0 Å². The summed E-state index contributed by atoms with van der Waals surface area (Å²) in [6, 6.07) is 13.6. The third-order valence-corrected chi connectivity index (χ3v) is 6.21. The number of carbonyl (C=O) groups is 1. The Hall–Kier alpha value is -1.98. The highest BCUT2D eigenvalue weighted by Gasteiger charge is 2.38. The normalized spacial score (nSPS) is 16.1. The SMILES string of the molecule is Cc1ccc([S+]([O-])CCCCOc2ccc3c(c2)C(C)(C)C(=O)N3)cc1. The van der Waals surface area contributed by atoms with Gasteiger partial charge in [0, 0.05) is 5.69 Å². The van der Waals surface area contributed by atoms with Gasteiger partial charge in [-0.1, -0.05) is 17.7 Å². The van der Waals surface area contributed by atoms with Crippen LogP contribution in [-0.4, -0.2) is 22.8 Å². The summed E-state index contributed by atoms with van der Waals surface area (Å²) in [6.45, 7) is 6.43. The van der Waals surface area contributed by atoms with Crippen LogP contribution in [0.1, 0.15) is 37.8 Å². The quantitative estimate of drug-likeness (QED) is 0.586. The predicted molar refractivity (Wildman–Crippen MR) is 105 cm³/mol. The molecule has 0 saturated heterocycles. The van der Waals surface area contributed by atoms with E-state index >= 15 is 0 Å². The lowest BCUT2D eigenvalue weighted by molar-refractivity contribution is -0.119. The van der Waals surface area contributed by atoms with Crippen molar-refractivity contribution < 1.29 is 14.1 Å². The Kier molecular flexibility index (Phi) is 5.58. The summed E-state index contributed by atoms with van der Waals surface area (Å²) in [5.74, 6) is 1.43. The van der Waals surface area contributed by atoms with Crippen LogP contribution < -0.4 is 10.1 Å².